The first-order valence-corrected chi connectivity index (χ1v) is 6.36. The molecule has 1 saturated carbocycles. The molecule has 0 atom stereocenters. The van der Waals surface area contributed by atoms with Crippen LogP contribution in [0, 0.1) is 5.41 Å². The van der Waals surface area contributed by atoms with Crippen LogP contribution in [0.2, 0.25) is 0 Å². The lowest BCUT2D eigenvalue weighted by molar-refractivity contribution is 0.197. The molecule has 0 radical (unpaired) electrons. The number of hydrogen-bond acceptors (Lipinski definition) is 5. The highest BCUT2D eigenvalue weighted by Crippen LogP contribution is 2.49. The van der Waals surface area contributed by atoms with Gasteiger partial charge in [-0.15, -0.1) is 0 Å². The molecule has 1 aliphatic carbocycles. The van der Waals surface area contributed by atoms with E-state index in [4.69, 9.17) is 19.7 Å². The maximum atomic E-state index is 5.88. The molecule has 1 aromatic heterocycles. The number of rotatable bonds is 1. The van der Waals surface area contributed by atoms with Crippen molar-refractivity contribution in [1.82, 2.24) is 5.16 Å². The lowest BCUT2D eigenvalue weighted by Crippen LogP contribution is -2.17. The number of nitrogen functional groups attached to an aromatic ring is 1. The molecule has 1 spiro atoms. The molecular formula is C14H14N2O3. The first-order valence-electron chi connectivity index (χ1n) is 6.36. The minimum atomic E-state index is 0.246. The fourth-order valence-corrected chi connectivity index (χ4v) is 2.29. The summed E-state index contributed by atoms with van der Waals surface area (Å²) in [7, 11) is 0. The standard InChI is InChI=1S/C14H14N2O3/c15-13-6-11(19-16-13)9-1-2-10-12(5-9)18-8-14(3-4-14)7-17-10/h1-2,5-6H,3-4,7-8H2,(H2,15,16). The highest BCUT2D eigenvalue weighted by molar-refractivity contribution is 5.64. The van der Waals surface area contributed by atoms with Gasteiger partial charge in [-0.2, -0.15) is 0 Å². The summed E-state index contributed by atoms with van der Waals surface area (Å²) in [5.41, 5.74) is 6.69. The molecule has 2 aliphatic rings. The molecule has 4 rings (SSSR count). The Morgan fingerprint density at radius 2 is 1.84 bits per heavy atom. The maximum Gasteiger partial charge on any atom is 0.169 e. The molecule has 2 N–H and O–H groups in total. The Bertz CT molecular complexity index is 631. The molecule has 0 saturated heterocycles. The number of benzene rings is 1. The van der Waals surface area contributed by atoms with Gasteiger partial charge in [-0.1, -0.05) is 5.16 Å². The zero-order valence-electron chi connectivity index (χ0n) is 10.4. The zero-order valence-corrected chi connectivity index (χ0v) is 10.4. The molecule has 0 bridgehead atoms. The van der Waals surface area contributed by atoms with Gasteiger partial charge in [0, 0.05) is 17.0 Å². The predicted octanol–water partition coefficient (Wildman–Crippen LogP) is 2.48. The van der Waals surface area contributed by atoms with Gasteiger partial charge in [0.25, 0.3) is 0 Å². The number of fused-ring (bicyclic) bond motifs is 1. The van der Waals surface area contributed by atoms with Crippen LogP contribution in [-0.2, 0) is 0 Å². The van der Waals surface area contributed by atoms with Crippen molar-refractivity contribution in [3.8, 4) is 22.8 Å². The van der Waals surface area contributed by atoms with Crippen molar-refractivity contribution in [2.45, 2.75) is 12.8 Å². The number of ether oxygens (including phenoxy) is 2. The number of aromatic nitrogens is 1. The Morgan fingerprint density at radius 3 is 2.53 bits per heavy atom. The van der Waals surface area contributed by atoms with E-state index in [-0.39, 0.29) is 5.41 Å². The molecule has 2 aromatic rings. The summed E-state index contributed by atoms with van der Waals surface area (Å²) in [4.78, 5) is 0. The lowest BCUT2D eigenvalue weighted by Gasteiger charge is -2.08. The van der Waals surface area contributed by atoms with Crippen LogP contribution in [0.25, 0.3) is 11.3 Å². The molecule has 0 amide bonds. The summed E-state index contributed by atoms with van der Waals surface area (Å²) in [6.07, 6.45) is 2.37. The van der Waals surface area contributed by atoms with Crippen LogP contribution in [0.15, 0.2) is 28.8 Å². The average molecular weight is 258 g/mol. The Kier molecular flexibility index (Phi) is 2.07. The summed E-state index contributed by atoms with van der Waals surface area (Å²) in [5, 5.41) is 3.69. The topological polar surface area (TPSA) is 70.5 Å². The van der Waals surface area contributed by atoms with Gasteiger partial charge in [-0.3, -0.25) is 0 Å². The minimum Gasteiger partial charge on any atom is -0.489 e. The van der Waals surface area contributed by atoms with Crippen molar-refractivity contribution in [2.24, 2.45) is 5.41 Å². The fourth-order valence-electron chi connectivity index (χ4n) is 2.29. The van der Waals surface area contributed by atoms with Crippen LogP contribution in [0.4, 0.5) is 5.82 Å². The van der Waals surface area contributed by atoms with Crippen LogP contribution in [-0.4, -0.2) is 18.4 Å². The molecule has 98 valence electrons. The third-order valence-electron chi connectivity index (χ3n) is 3.78. The Hall–Kier alpha value is -2.17. The summed E-state index contributed by atoms with van der Waals surface area (Å²) in [6.45, 7) is 1.47. The van der Waals surface area contributed by atoms with E-state index < -0.39 is 0 Å². The largest absolute Gasteiger partial charge is 0.489 e. The van der Waals surface area contributed by atoms with Crippen molar-refractivity contribution in [3.05, 3.63) is 24.3 Å². The molecule has 0 unspecified atom stereocenters. The van der Waals surface area contributed by atoms with E-state index in [9.17, 15) is 0 Å². The molecule has 1 aromatic carbocycles. The predicted molar refractivity (Wildman–Crippen MR) is 69.0 cm³/mol. The van der Waals surface area contributed by atoms with Crippen LogP contribution in [0.3, 0.4) is 0 Å². The maximum absolute atomic E-state index is 5.88. The van der Waals surface area contributed by atoms with Crippen LogP contribution in [0.1, 0.15) is 12.8 Å². The van der Waals surface area contributed by atoms with Crippen LogP contribution >= 0.6 is 0 Å². The smallest absolute Gasteiger partial charge is 0.169 e. The normalized spacial score (nSPS) is 19.2. The van der Waals surface area contributed by atoms with E-state index in [1.54, 1.807) is 6.07 Å². The van der Waals surface area contributed by atoms with Gasteiger partial charge >= 0.3 is 0 Å². The van der Waals surface area contributed by atoms with Crippen molar-refractivity contribution >= 4 is 5.82 Å². The quantitative estimate of drug-likeness (QED) is 0.850. The summed E-state index contributed by atoms with van der Waals surface area (Å²) in [6, 6.07) is 7.44. The fraction of sp³-hybridized carbons (Fsp3) is 0.357. The molecule has 1 aliphatic heterocycles. The lowest BCUT2D eigenvalue weighted by atomic mass is 10.1. The van der Waals surface area contributed by atoms with E-state index in [1.807, 2.05) is 18.2 Å². The molecule has 5 nitrogen and oxygen atoms in total. The van der Waals surface area contributed by atoms with Crippen molar-refractivity contribution in [1.29, 1.82) is 0 Å². The SMILES string of the molecule is Nc1cc(-c2ccc3c(c2)OCC2(CC2)CO3)on1. The second-order valence-electron chi connectivity index (χ2n) is 5.35. The van der Waals surface area contributed by atoms with E-state index in [0.717, 1.165) is 30.3 Å². The Labute approximate surface area is 110 Å². The van der Waals surface area contributed by atoms with E-state index in [1.165, 1.54) is 12.8 Å². The molecule has 2 heterocycles. The monoisotopic (exact) mass is 258 g/mol. The number of anilines is 1. The van der Waals surface area contributed by atoms with Crippen molar-refractivity contribution in [3.63, 3.8) is 0 Å². The van der Waals surface area contributed by atoms with E-state index in [0.29, 0.717) is 11.6 Å². The van der Waals surface area contributed by atoms with Gasteiger partial charge in [0.05, 0.1) is 13.2 Å². The van der Waals surface area contributed by atoms with Gasteiger partial charge in [0.2, 0.25) is 0 Å². The highest BCUT2D eigenvalue weighted by Gasteiger charge is 2.46. The van der Waals surface area contributed by atoms with Crippen molar-refractivity contribution in [2.75, 3.05) is 18.9 Å². The third-order valence-corrected chi connectivity index (χ3v) is 3.78. The minimum absolute atomic E-state index is 0.246. The second kappa shape index (κ2) is 3.66. The zero-order chi connectivity index (χ0) is 12.9. The van der Waals surface area contributed by atoms with Gasteiger partial charge in [-0.25, -0.2) is 0 Å². The van der Waals surface area contributed by atoms with Crippen LogP contribution in [0.5, 0.6) is 11.5 Å². The number of nitrogens with two attached hydrogens (primary N) is 1. The van der Waals surface area contributed by atoms with Gasteiger partial charge in [0.15, 0.2) is 23.1 Å². The number of nitrogens with zero attached hydrogens (tertiary/aromatic N) is 1. The van der Waals surface area contributed by atoms with E-state index in [2.05, 4.69) is 5.16 Å². The first kappa shape index (κ1) is 10.7. The highest BCUT2D eigenvalue weighted by atomic mass is 16.5. The second-order valence-corrected chi connectivity index (χ2v) is 5.35. The number of hydrogen-bond donors (Lipinski definition) is 1. The van der Waals surface area contributed by atoms with Crippen molar-refractivity contribution < 1.29 is 14.0 Å². The molecule has 1 fully saturated rings. The van der Waals surface area contributed by atoms with E-state index >= 15 is 0 Å². The molecule has 19 heavy (non-hydrogen) atoms. The summed E-state index contributed by atoms with van der Waals surface area (Å²) < 4.78 is 16.9. The average Bonchev–Trinajstić information content (AvgIpc) is 3.12. The molecule has 5 heteroatoms. The van der Waals surface area contributed by atoms with Gasteiger partial charge in [-0.05, 0) is 31.0 Å². The Balaban J connectivity index is 1.68. The van der Waals surface area contributed by atoms with Crippen LogP contribution < -0.4 is 15.2 Å². The van der Waals surface area contributed by atoms with Gasteiger partial charge < -0.3 is 19.7 Å². The first-order chi connectivity index (χ1) is 9.24. The Morgan fingerprint density at radius 1 is 1.05 bits per heavy atom. The summed E-state index contributed by atoms with van der Waals surface area (Å²) in [5.74, 6) is 2.56. The van der Waals surface area contributed by atoms with Gasteiger partial charge in [0.1, 0.15) is 0 Å². The molecular weight excluding hydrogens is 244 g/mol. The summed E-state index contributed by atoms with van der Waals surface area (Å²) >= 11 is 0. The third kappa shape index (κ3) is 1.82.